The highest BCUT2D eigenvalue weighted by molar-refractivity contribution is 5.34. The van der Waals surface area contributed by atoms with Crippen molar-refractivity contribution in [2.75, 3.05) is 0 Å². The number of halogens is 3. The molecule has 0 aliphatic rings. The van der Waals surface area contributed by atoms with Crippen molar-refractivity contribution in [1.29, 1.82) is 0 Å². The van der Waals surface area contributed by atoms with Crippen LogP contribution in [0.4, 0.5) is 13.2 Å². The van der Waals surface area contributed by atoms with Crippen LogP contribution in [0.2, 0.25) is 0 Å². The maximum absolute atomic E-state index is 12.4. The van der Waals surface area contributed by atoms with E-state index in [1.807, 2.05) is 6.92 Å². The van der Waals surface area contributed by atoms with E-state index < -0.39 is 17.8 Å². The van der Waals surface area contributed by atoms with Gasteiger partial charge in [-0.2, -0.15) is 13.2 Å². The van der Waals surface area contributed by atoms with Gasteiger partial charge < -0.3 is 0 Å². The monoisotopic (exact) mass is 243 g/mol. The number of rotatable bonds is 3. The van der Waals surface area contributed by atoms with E-state index in [0.29, 0.717) is 17.5 Å². The molecule has 0 saturated heterocycles. The first-order valence-electron chi connectivity index (χ1n) is 5.12. The molecule has 0 heterocycles. The molecule has 0 N–H and O–H groups in total. The highest BCUT2D eigenvalue weighted by Gasteiger charge is 2.30. The molecule has 0 aliphatic heterocycles. The maximum Gasteiger partial charge on any atom is 0.416 e. The van der Waals surface area contributed by atoms with Crippen LogP contribution in [0.5, 0.6) is 0 Å². The Balaban J connectivity index is 3.17. The van der Waals surface area contributed by atoms with Gasteiger partial charge in [0.15, 0.2) is 0 Å². The van der Waals surface area contributed by atoms with Gasteiger partial charge in [-0.25, -0.2) is 0 Å². The number of benzene rings is 1. The van der Waals surface area contributed by atoms with Crippen molar-refractivity contribution >= 4 is 0 Å². The number of nitrogens with zero attached hydrogens (tertiary/aromatic N) is 3. The molecule has 0 bridgehead atoms. The molecular weight excluding hydrogens is 231 g/mol. The standard InChI is InChI=1S/C11H12F3N3/c1-3-10(16-17-15)9-5-4-8(6-7(9)2)11(12,13)14/h4-6,10H,3H2,1-2H3. The molecule has 17 heavy (non-hydrogen) atoms. The topological polar surface area (TPSA) is 48.8 Å². The zero-order valence-corrected chi connectivity index (χ0v) is 9.49. The van der Waals surface area contributed by atoms with Crippen LogP contribution in [0, 0.1) is 6.92 Å². The van der Waals surface area contributed by atoms with Gasteiger partial charge in [-0.1, -0.05) is 18.1 Å². The second-order valence-corrected chi connectivity index (χ2v) is 3.70. The highest BCUT2D eigenvalue weighted by atomic mass is 19.4. The molecule has 1 aromatic rings. The Kier molecular flexibility index (Phi) is 4.02. The van der Waals surface area contributed by atoms with Crippen molar-refractivity contribution in [2.24, 2.45) is 5.11 Å². The van der Waals surface area contributed by atoms with Crippen LogP contribution < -0.4 is 0 Å². The van der Waals surface area contributed by atoms with E-state index in [4.69, 9.17) is 5.53 Å². The third-order valence-corrected chi connectivity index (χ3v) is 2.53. The molecule has 0 aromatic heterocycles. The zero-order chi connectivity index (χ0) is 13.1. The first-order valence-corrected chi connectivity index (χ1v) is 5.12. The Morgan fingerprint density at radius 2 is 2.06 bits per heavy atom. The Labute approximate surface area is 96.9 Å². The van der Waals surface area contributed by atoms with Crippen molar-refractivity contribution in [1.82, 2.24) is 0 Å². The fraction of sp³-hybridized carbons (Fsp3) is 0.455. The number of hydrogen-bond donors (Lipinski definition) is 0. The average Bonchev–Trinajstić information content (AvgIpc) is 2.25. The summed E-state index contributed by atoms with van der Waals surface area (Å²) in [5.41, 5.74) is 8.82. The second kappa shape index (κ2) is 5.10. The fourth-order valence-corrected chi connectivity index (χ4v) is 1.65. The summed E-state index contributed by atoms with van der Waals surface area (Å²) >= 11 is 0. The van der Waals surface area contributed by atoms with Crippen molar-refractivity contribution < 1.29 is 13.2 Å². The second-order valence-electron chi connectivity index (χ2n) is 3.70. The summed E-state index contributed by atoms with van der Waals surface area (Å²) in [7, 11) is 0. The molecule has 0 fully saturated rings. The molecule has 92 valence electrons. The Morgan fingerprint density at radius 1 is 1.41 bits per heavy atom. The highest BCUT2D eigenvalue weighted by Crippen LogP contribution is 2.33. The quantitative estimate of drug-likeness (QED) is 0.417. The van der Waals surface area contributed by atoms with E-state index in [-0.39, 0.29) is 0 Å². The van der Waals surface area contributed by atoms with Crippen LogP contribution in [0.15, 0.2) is 23.3 Å². The van der Waals surface area contributed by atoms with Crippen LogP contribution in [0.1, 0.15) is 36.1 Å². The van der Waals surface area contributed by atoms with Crippen LogP contribution in [0.25, 0.3) is 10.4 Å². The lowest BCUT2D eigenvalue weighted by Gasteiger charge is -2.14. The van der Waals surface area contributed by atoms with Gasteiger partial charge in [-0.15, -0.1) is 0 Å². The lowest BCUT2D eigenvalue weighted by Crippen LogP contribution is -2.06. The Hall–Kier alpha value is -1.68. The molecule has 1 unspecified atom stereocenters. The van der Waals surface area contributed by atoms with Crippen LogP contribution in [-0.4, -0.2) is 0 Å². The minimum absolute atomic E-state index is 0.415. The molecule has 0 radical (unpaired) electrons. The van der Waals surface area contributed by atoms with E-state index in [1.54, 1.807) is 6.92 Å². The third kappa shape index (κ3) is 3.14. The maximum atomic E-state index is 12.4. The lowest BCUT2D eigenvalue weighted by atomic mass is 9.98. The molecule has 0 amide bonds. The SMILES string of the molecule is CCC(N=[N+]=[N-])c1ccc(C(F)(F)F)cc1C. The number of aryl methyl sites for hydroxylation is 1. The molecule has 3 nitrogen and oxygen atoms in total. The van der Waals surface area contributed by atoms with E-state index in [1.165, 1.54) is 6.07 Å². The number of azide groups is 1. The van der Waals surface area contributed by atoms with Crippen molar-refractivity contribution in [3.63, 3.8) is 0 Å². The van der Waals surface area contributed by atoms with Gasteiger partial charge in [0.05, 0.1) is 11.6 Å². The lowest BCUT2D eigenvalue weighted by molar-refractivity contribution is -0.137. The smallest absolute Gasteiger partial charge is 0.166 e. The predicted octanol–water partition coefficient (Wildman–Crippen LogP) is 4.78. The molecule has 0 saturated carbocycles. The van der Waals surface area contributed by atoms with Crippen LogP contribution >= 0.6 is 0 Å². The first kappa shape index (κ1) is 13.4. The van der Waals surface area contributed by atoms with E-state index >= 15 is 0 Å². The summed E-state index contributed by atoms with van der Waals surface area (Å²) in [6, 6.07) is 3.05. The van der Waals surface area contributed by atoms with Crippen LogP contribution in [-0.2, 0) is 6.18 Å². The minimum atomic E-state index is -4.34. The van der Waals surface area contributed by atoms with Gasteiger partial charge in [0, 0.05) is 4.91 Å². The van der Waals surface area contributed by atoms with Gasteiger partial charge in [-0.05, 0) is 42.1 Å². The molecule has 1 atom stereocenters. The Bertz CT molecular complexity index is 448. The third-order valence-electron chi connectivity index (χ3n) is 2.53. The summed E-state index contributed by atoms with van der Waals surface area (Å²) in [6.45, 7) is 3.40. The minimum Gasteiger partial charge on any atom is -0.166 e. The zero-order valence-electron chi connectivity index (χ0n) is 9.49. The van der Waals surface area contributed by atoms with E-state index in [9.17, 15) is 13.2 Å². The van der Waals surface area contributed by atoms with Crippen molar-refractivity contribution in [2.45, 2.75) is 32.5 Å². The van der Waals surface area contributed by atoms with Crippen molar-refractivity contribution in [3.05, 3.63) is 45.3 Å². The Morgan fingerprint density at radius 3 is 2.47 bits per heavy atom. The summed E-state index contributed by atoms with van der Waals surface area (Å²) in [5, 5.41) is 3.56. The molecule has 0 aliphatic carbocycles. The summed E-state index contributed by atoms with van der Waals surface area (Å²) in [4.78, 5) is 2.70. The predicted molar refractivity (Wildman–Crippen MR) is 58.4 cm³/mol. The summed E-state index contributed by atoms with van der Waals surface area (Å²) < 4.78 is 37.3. The molecule has 1 rings (SSSR count). The summed E-state index contributed by atoms with van der Waals surface area (Å²) in [6.07, 6.45) is -3.79. The van der Waals surface area contributed by atoms with Gasteiger partial charge in [-0.3, -0.25) is 0 Å². The molecule has 6 heteroatoms. The van der Waals surface area contributed by atoms with Gasteiger partial charge >= 0.3 is 6.18 Å². The summed E-state index contributed by atoms with van der Waals surface area (Å²) in [5.74, 6) is 0. The molecular formula is C11H12F3N3. The normalized spacial score (nSPS) is 13.0. The average molecular weight is 243 g/mol. The fourth-order valence-electron chi connectivity index (χ4n) is 1.65. The molecule has 0 spiro atoms. The van der Waals surface area contributed by atoms with Gasteiger partial charge in [0.2, 0.25) is 0 Å². The van der Waals surface area contributed by atoms with Crippen molar-refractivity contribution in [3.8, 4) is 0 Å². The van der Waals surface area contributed by atoms with Gasteiger partial charge in [0.1, 0.15) is 0 Å². The number of alkyl halides is 3. The van der Waals surface area contributed by atoms with Crippen LogP contribution in [0.3, 0.4) is 0 Å². The largest absolute Gasteiger partial charge is 0.416 e. The molecule has 1 aromatic carbocycles. The van der Waals surface area contributed by atoms with Gasteiger partial charge in [0.25, 0.3) is 0 Å². The first-order chi connectivity index (χ1) is 7.90. The number of hydrogen-bond acceptors (Lipinski definition) is 1. The van der Waals surface area contributed by atoms with E-state index in [0.717, 1.165) is 12.1 Å². The van der Waals surface area contributed by atoms with E-state index in [2.05, 4.69) is 10.0 Å².